The topological polar surface area (TPSA) is 94.3 Å². The average Bonchev–Trinajstić information content (AvgIpc) is 3.06. The molecular formula is C12H13N3O4S. The van der Waals surface area contributed by atoms with Crippen molar-refractivity contribution in [3.05, 3.63) is 28.6 Å². The van der Waals surface area contributed by atoms with Crippen molar-refractivity contribution in [1.29, 1.82) is 0 Å². The number of hydrogen-bond donors (Lipinski definition) is 1. The Bertz CT molecular complexity index is 606. The molecule has 0 radical (unpaired) electrons. The van der Waals surface area contributed by atoms with Crippen LogP contribution in [0.5, 0.6) is 0 Å². The first-order valence-electron chi connectivity index (χ1n) is 5.93. The largest absolute Gasteiger partial charge is 0.461 e. The van der Waals surface area contributed by atoms with Crippen LogP contribution in [-0.4, -0.2) is 28.5 Å². The number of thiazole rings is 1. The van der Waals surface area contributed by atoms with Crippen molar-refractivity contribution in [2.45, 2.75) is 20.4 Å². The number of hydrogen-bond acceptors (Lipinski definition) is 8. The molecule has 0 saturated carbocycles. The van der Waals surface area contributed by atoms with E-state index in [-0.39, 0.29) is 23.0 Å². The van der Waals surface area contributed by atoms with E-state index in [0.29, 0.717) is 17.4 Å². The van der Waals surface area contributed by atoms with Gasteiger partial charge < -0.3 is 14.6 Å². The molecule has 0 bridgehead atoms. The number of ketones is 1. The Balaban J connectivity index is 2.16. The van der Waals surface area contributed by atoms with Crippen LogP contribution in [0.3, 0.4) is 0 Å². The Morgan fingerprint density at radius 1 is 1.50 bits per heavy atom. The van der Waals surface area contributed by atoms with Gasteiger partial charge in [0.2, 0.25) is 0 Å². The number of anilines is 1. The lowest BCUT2D eigenvalue weighted by atomic mass is 10.3. The number of rotatable bonds is 6. The van der Waals surface area contributed by atoms with E-state index in [0.717, 1.165) is 11.3 Å². The second kappa shape index (κ2) is 6.29. The van der Waals surface area contributed by atoms with Crippen LogP contribution in [0.4, 0.5) is 5.13 Å². The number of nitrogens with zero attached hydrogens (tertiary/aromatic N) is 2. The number of nitrogens with one attached hydrogen (secondary N) is 1. The first-order valence-corrected chi connectivity index (χ1v) is 6.75. The second-order valence-electron chi connectivity index (χ2n) is 3.82. The zero-order valence-corrected chi connectivity index (χ0v) is 11.8. The fraction of sp³-hybridized carbons (Fsp3) is 0.333. The number of ether oxygens (including phenoxy) is 1. The average molecular weight is 295 g/mol. The SMILES string of the molecule is CCOC(=O)c1nc(NCc2ccon2)sc1C(C)=O. The van der Waals surface area contributed by atoms with Crippen LogP contribution in [0, 0.1) is 0 Å². The maximum absolute atomic E-state index is 11.7. The number of aromatic nitrogens is 2. The summed E-state index contributed by atoms with van der Waals surface area (Å²) in [5.41, 5.74) is 0.745. The maximum atomic E-state index is 11.7. The summed E-state index contributed by atoms with van der Waals surface area (Å²) in [6.45, 7) is 3.71. The zero-order valence-electron chi connectivity index (χ0n) is 11.0. The highest BCUT2D eigenvalue weighted by Gasteiger charge is 2.22. The van der Waals surface area contributed by atoms with E-state index >= 15 is 0 Å². The molecule has 1 N–H and O–H groups in total. The molecule has 0 saturated heterocycles. The van der Waals surface area contributed by atoms with Crippen molar-refractivity contribution in [2.24, 2.45) is 0 Å². The molecule has 0 amide bonds. The fourth-order valence-electron chi connectivity index (χ4n) is 1.47. The predicted molar refractivity (Wildman–Crippen MR) is 71.9 cm³/mol. The van der Waals surface area contributed by atoms with Crippen LogP contribution in [0.15, 0.2) is 16.9 Å². The number of esters is 1. The summed E-state index contributed by atoms with van der Waals surface area (Å²) in [5.74, 6) is -0.816. The van der Waals surface area contributed by atoms with E-state index in [1.54, 1.807) is 13.0 Å². The molecule has 2 aromatic heterocycles. The standard InChI is InChI=1S/C12H13N3O4S/c1-3-18-11(17)9-10(7(2)16)20-12(14-9)13-6-8-4-5-19-15-8/h4-5H,3,6H2,1-2H3,(H,13,14). The summed E-state index contributed by atoms with van der Waals surface area (Å²) in [7, 11) is 0. The van der Waals surface area contributed by atoms with Gasteiger partial charge in [-0.15, -0.1) is 0 Å². The lowest BCUT2D eigenvalue weighted by Crippen LogP contribution is -2.09. The van der Waals surface area contributed by atoms with E-state index in [4.69, 9.17) is 9.26 Å². The Morgan fingerprint density at radius 2 is 2.30 bits per heavy atom. The van der Waals surface area contributed by atoms with Crippen molar-refractivity contribution < 1.29 is 18.8 Å². The predicted octanol–water partition coefficient (Wildman–Crippen LogP) is 2.12. The molecule has 0 fully saturated rings. The summed E-state index contributed by atoms with van der Waals surface area (Å²) < 4.78 is 9.59. The minimum Gasteiger partial charge on any atom is -0.461 e. The zero-order chi connectivity index (χ0) is 14.5. The van der Waals surface area contributed by atoms with Gasteiger partial charge in [-0.2, -0.15) is 0 Å². The van der Waals surface area contributed by atoms with E-state index in [2.05, 4.69) is 15.5 Å². The van der Waals surface area contributed by atoms with Gasteiger partial charge in [-0.05, 0) is 6.92 Å². The second-order valence-corrected chi connectivity index (χ2v) is 4.82. The minimum absolute atomic E-state index is 0.0482. The maximum Gasteiger partial charge on any atom is 0.358 e. The van der Waals surface area contributed by atoms with Gasteiger partial charge in [-0.1, -0.05) is 16.5 Å². The summed E-state index contributed by atoms with van der Waals surface area (Å²) in [5, 5.41) is 7.19. The fourth-order valence-corrected chi connectivity index (χ4v) is 2.31. The van der Waals surface area contributed by atoms with Gasteiger partial charge >= 0.3 is 5.97 Å². The van der Waals surface area contributed by atoms with Gasteiger partial charge in [0, 0.05) is 13.0 Å². The molecule has 2 aromatic rings. The molecule has 2 heterocycles. The molecular weight excluding hydrogens is 282 g/mol. The highest BCUT2D eigenvalue weighted by Crippen LogP contribution is 2.24. The monoisotopic (exact) mass is 295 g/mol. The van der Waals surface area contributed by atoms with Gasteiger partial charge in [0.05, 0.1) is 13.2 Å². The summed E-state index contributed by atoms with van der Waals surface area (Å²) >= 11 is 1.11. The van der Waals surface area contributed by atoms with Gasteiger partial charge in [0.1, 0.15) is 16.8 Å². The van der Waals surface area contributed by atoms with Gasteiger partial charge in [0.25, 0.3) is 0 Å². The van der Waals surface area contributed by atoms with E-state index in [1.807, 2.05) is 0 Å². The van der Waals surface area contributed by atoms with E-state index < -0.39 is 5.97 Å². The molecule has 0 aromatic carbocycles. The third-order valence-electron chi connectivity index (χ3n) is 2.33. The lowest BCUT2D eigenvalue weighted by Gasteiger charge is -1.99. The molecule has 0 aliphatic heterocycles. The van der Waals surface area contributed by atoms with Gasteiger partial charge in [-0.25, -0.2) is 9.78 Å². The Morgan fingerprint density at radius 3 is 2.90 bits per heavy atom. The minimum atomic E-state index is -0.594. The summed E-state index contributed by atoms with van der Waals surface area (Å²) in [4.78, 5) is 27.6. The third kappa shape index (κ3) is 3.21. The molecule has 7 nitrogen and oxygen atoms in total. The first-order chi connectivity index (χ1) is 9.61. The molecule has 2 rings (SSSR count). The molecule has 0 aliphatic rings. The van der Waals surface area contributed by atoms with E-state index in [1.165, 1.54) is 13.2 Å². The Kier molecular flexibility index (Phi) is 4.46. The first kappa shape index (κ1) is 14.2. The van der Waals surface area contributed by atoms with Crippen molar-refractivity contribution in [2.75, 3.05) is 11.9 Å². The van der Waals surface area contributed by atoms with Crippen molar-refractivity contribution in [3.63, 3.8) is 0 Å². The van der Waals surface area contributed by atoms with Crippen LogP contribution in [0.25, 0.3) is 0 Å². The van der Waals surface area contributed by atoms with Gasteiger partial charge in [-0.3, -0.25) is 4.79 Å². The highest BCUT2D eigenvalue weighted by atomic mass is 32.1. The molecule has 106 valence electrons. The number of Topliss-reactive ketones (excluding diaryl/α,β-unsaturated/α-hetero) is 1. The van der Waals surface area contributed by atoms with Crippen LogP contribution in [-0.2, 0) is 11.3 Å². The molecule has 0 atom stereocenters. The van der Waals surface area contributed by atoms with Crippen LogP contribution >= 0.6 is 11.3 Å². The van der Waals surface area contributed by atoms with Crippen molar-refractivity contribution in [3.8, 4) is 0 Å². The van der Waals surface area contributed by atoms with Crippen LogP contribution in [0.1, 0.15) is 39.7 Å². The Hall–Kier alpha value is -2.22. The van der Waals surface area contributed by atoms with Crippen molar-refractivity contribution >= 4 is 28.2 Å². The van der Waals surface area contributed by atoms with Crippen LogP contribution < -0.4 is 5.32 Å². The molecule has 8 heteroatoms. The van der Waals surface area contributed by atoms with E-state index in [9.17, 15) is 9.59 Å². The normalized spacial score (nSPS) is 10.3. The molecule has 0 spiro atoms. The quantitative estimate of drug-likeness (QED) is 0.644. The number of carbonyl (C=O) groups excluding carboxylic acids is 2. The van der Waals surface area contributed by atoms with Crippen LogP contribution in [0.2, 0.25) is 0 Å². The summed E-state index contributed by atoms with van der Waals surface area (Å²) in [6.07, 6.45) is 1.46. The molecule has 20 heavy (non-hydrogen) atoms. The van der Waals surface area contributed by atoms with Crippen molar-refractivity contribution in [1.82, 2.24) is 10.1 Å². The Labute approximate surface area is 118 Å². The lowest BCUT2D eigenvalue weighted by molar-refractivity contribution is 0.0517. The summed E-state index contributed by atoms with van der Waals surface area (Å²) in [6, 6.07) is 1.71. The van der Waals surface area contributed by atoms with Gasteiger partial charge in [0.15, 0.2) is 16.6 Å². The number of carbonyl (C=O) groups is 2. The smallest absolute Gasteiger partial charge is 0.358 e. The third-order valence-corrected chi connectivity index (χ3v) is 3.44. The highest BCUT2D eigenvalue weighted by molar-refractivity contribution is 7.17. The molecule has 0 aliphatic carbocycles. The molecule has 0 unspecified atom stereocenters.